The fourth-order valence-corrected chi connectivity index (χ4v) is 5.16. The number of sulfonamides is 1. The predicted molar refractivity (Wildman–Crippen MR) is 142 cm³/mol. The summed E-state index contributed by atoms with van der Waals surface area (Å²) in [5, 5.41) is 3.64. The number of nitrogens with one attached hydrogen (secondary N) is 1. The third kappa shape index (κ3) is 7.85. The molecule has 0 aliphatic rings. The lowest BCUT2D eigenvalue weighted by Gasteiger charge is -2.32. The van der Waals surface area contributed by atoms with Gasteiger partial charge in [0.15, 0.2) is 0 Å². The minimum atomic E-state index is -3.80. The molecule has 0 saturated carbocycles. The number of halogens is 2. The molecule has 1 N–H and O–H groups in total. The summed E-state index contributed by atoms with van der Waals surface area (Å²) in [6, 6.07) is 9.45. The molecule has 7 nitrogen and oxygen atoms in total. The summed E-state index contributed by atoms with van der Waals surface area (Å²) in [7, 11) is -3.80. The average molecular weight is 543 g/mol. The third-order valence-corrected chi connectivity index (χ3v) is 7.42. The van der Waals surface area contributed by atoms with Crippen molar-refractivity contribution in [3.8, 4) is 0 Å². The normalized spacial score (nSPS) is 12.2. The van der Waals surface area contributed by atoms with Crippen molar-refractivity contribution in [3.05, 3.63) is 63.1 Å². The number of carbonyl (C=O) groups is 2. The molecule has 35 heavy (non-hydrogen) atoms. The molecular formula is C25H33Cl2N3O4S. The van der Waals surface area contributed by atoms with Crippen LogP contribution in [0.2, 0.25) is 10.0 Å². The van der Waals surface area contributed by atoms with Crippen molar-refractivity contribution < 1.29 is 18.0 Å². The van der Waals surface area contributed by atoms with E-state index in [0.717, 1.165) is 34.5 Å². The van der Waals surface area contributed by atoms with Gasteiger partial charge in [-0.05, 0) is 56.0 Å². The van der Waals surface area contributed by atoms with E-state index in [1.54, 1.807) is 51.1 Å². The Kier molecular flexibility index (Phi) is 10.4. The third-order valence-electron chi connectivity index (χ3n) is 5.72. The Morgan fingerprint density at radius 1 is 1.09 bits per heavy atom. The maximum atomic E-state index is 13.6. The maximum absolute atomic E-state index is 13.6. The summed E-state index contributed by atoms with van der Waals surface area (Å²) >= 11 is 12.4. The summed E-state index contributed by atoms with van der Waals surface area (Å²) in [5.74, 6) is -0.850. The molecule has 1 atom stereocenters. The summed E-state index contributed by atoms with van der Waals surface area (Å²) in [6.07, 6.45) is 2.79. The highest BCUT2D eigenvalue weighted by molar-refractivity contribution is 7.92. The molecule has 0 bridgehead atoms. The SMILES string of the molecule is CCCCNC(=O)[C@H](C)N(Cc1ccc(Cl)cc1Cl)C(=O)CN(c1c(C)cccc1C)S(C)(=O)=O. The Hall–Kier alpha value is -2.29. The van der Waals surface area contributed by atoms with Gasteiger partial charge in [-0.15, -0.1) is 0 Å². The summed E-state index contributed by atoms with van der Waals surface area (Å²) in [4.78, 5) is 27.8. The van der Waals surface area contributed by atoms with Crippen LogP contribution in [0.1, 0.15) is 43.4 Å². The number of aryl methyl sites for hydroxylation is 2. The molecule has 0 spiro atoms. The lowest BCUT2D eigenvalue weighted by Crippen LogP contribution is -2.51. The Labute approximate surface area is 218 Å². The number of hydrogen-bond acceptors (Lipinski definition) is 4. The van der Waals surface area contributed by atoms with Crippen LogP contribution in [0.15, 0.2) is 36.4 Å². The number of hydrogen-bond donors (Lipinski definition) is 1. The van der Waals surface area contributed by atoms with Gasteiger partial charge in [0, 0.05) is 23.1 Å². The molecule has 0 aliphatic carbocycles. The second-order valence-electron chi connectivity index (χ2n) is 8.59. The van der Waals surface area contributed by atoms with E-state index in [1.807, 2.05) is 13.0 Å². The van der Waals surface area contributed by atoms with Crippen LogP contribution >= 0.6 is 23.2 Å². The number of anilines is 1. The van der Waals surface area contributed by atoms with Crippen LogP contribution in [0.5, 0.6) is 0 Å². The highest BCUT2D eigenvalue weighted by Crippen LogP contribution is 2.28. The zero-order valence-corrected chi connectivity index (χ0v) is 23.1. The summed E-state index contributed by atoms with van der Waals surface area (Å²) < 4.78 is 26.6. The van der Waals surface area contributed by atoms with Crippen molar-refractivity contribution in [1.29, 1.82) is 0 Å². The molecule has 2 rings (SSSR count). The van der Waals surface area contributed by atoms with Crippen LogP contribution < -0.4 is 9.62 Å². The zero-order chi connectivity index (χ0) is 26.3. The van der Waals surface area contributed by atoms with Crippen molar-refractivity contribution >= 4 is 50.7 Å². The van der Waals surface area contributed by atoms with Gasteiger partial charge in [0.05, 0.1) is 11.9 Å². The highest BCUT2D eigenvalue weighted by Gasteiger charge is 2.31. The predicted octanol–water partition coefficient (Wildman–Crippen LogP) is 4.71. The number of amides is 2. The van der Waals surface area contributed by atoms with Gasteiger partial charge in [-0.25, -0.2) is 8.42 Å². The Morgan fingerprint density at radius 2 is 1.71 bits per heavy atom. The van der Waals surface area contributed by atoms with E-state index in [0.29, 0.717) is 27.8 Å². The van der Waals surface area contributed by atoms with Gasteiger partial charge in [0.25, 0.3) is 0 Å². The van der Waals surface area contributed by atoms with Crippen molar-refractivity contribution in [3.63, 3.8) is 0 Å². The first-order valence-electron chi connectivity index (χ1n) is 11.4. The fraction of sp³-hybridized carbons (Fsp3) is 0.440. The van der Waals surface area contributed by atoms with Crippen molar-refractivity contribution in [1.82, 2.24) is 10.2 Å². The molecule has 0 heterocycles. The lowest BCUT2D eigenvalue weighted by molar-refractivity contribution is -0.139. The molecule has 10 heteroatoms. The molecule has 0 fully saturated rings. The molecule has 192 valence electrons. The molecule has 0 aliphatic heterocycles. The smallest absolute Gasteiger partial charge is 0.244 e. The number of benzene rings is 2. The van der Waals surface area contributed by atoms with E-state index in [4.69, 9.17) is 23.2 Å². The minimum Gasteiger partial charge on any atom is -0.354 e. The Morgan fingerprint density at radius 3 is 2.26 bits per heavy atom. The quantitative estimate of drug-likeness (QED) is 0.417. The van der Waals surface area contributed by atoms with Crippen molar-refractivity contribution in [2.24, 2.45) is 0 Å². The van der Waals surface area contributed by atoms with Gasteiger partial charge in [-0.3, -0.25) is 13.9 Å². The van der Waals surface area contributed by atoms with E-state index < -0.39 is 28.5 Å². The number of nitrogens with zero attached hydrogens (tertiary/aromatic N) is 2. The maximum Gasteiger partial charge on any atom is 0.244 e. The highest BCUT2D eigenvalue weighted by atomic mass is 35.5. The molecule has 0 aromatic heterocycles. The first kappa shape index (κ1) is 28.9. The molecule has 0 saturated heterocycles. The Balaban J connectivity index is 2.44. The number of para-hydroxylation sites is 1. The zero-order valence-electron chi connectivity index (χ0n) is 20.8. The standard InChI is InChI=1S/C25H33Cl2N3O4S/c1-6-7-13-28-25(32)19(4)29(15-20-11-12-21(26)14-22(20)27)23(31)16-30(35(5,33)34)24-17(2)9-8-10-18(24)3/h8-12,14,19H,6-7,13,15-16H2,1-5H3,(H,28,32)/t19-/m0/s1. The second kappa shape index (κ2) is 12.6. The van der Waals surface area contributed by atoms with Crippen molar-refractivity contribution in [2.45, 2.75) is 53.1 Å². The van der Waals surface area contributed by atoms with Crippen molar-refractivity contribution in [2.75, 3.05) is 23.7 Å². The molecule has 2 aromatic rings. The number of carbonyl (C=O) groups excluding carboxylic acids is 2. The summed E-state index contributed by atoms with van der Waals surface area (Å²) in [6.45, 7) is 7.26. The van der Waals surface area contributed by atoms with Crippen LogP contribution in [0.3, 0.4) is 0 Å². The van der Waals surface area contributed by atoms with Crippen LogP contribution in [0, 0.1) is 13.8 Å². The van der Waals surface area contributed by atoms with Gasteiger partial charge in [0.2, 0.25) is 21.8 Å². The Bertz CT molecular complexity index is 1150. The molecule has 0 unspecified atom stereocenters. The monoisotopic (exact) mass is 541 g/mol. The van der Waals surface area contributed by atoms with E-state index in [2.05, 4.69) is 5.32 Å². The van der Waals surface area contributed by atoms with E-state index in [1.165, 1.54) is 4.90 Å². The molecule has 0 radical (unpaired) electrons. The minimum absolute atomic E-state index is 0.0154. The van der Waals surface area contributed by atoms with E-state index in [9.17, 15) is 18.0 Å². The van der Waals surface area contributed by atoms with E-state index in [-0.39, 0.29) is 12.5 Å². The van der Waals surface area contributed by atoms with Crippen LogP contribution in [-0.2, 0) is 26.2 Å². The lowest BCUT2D eigenvalue weighted by atomic mass is 10.1. The van der Waals surface area contributed by atoms with E-state index >= 15 is 0 Å². The van der Waals surface area contributed by atoms with Gasteiger partial charge >= 0.3 is 0 Å². The van der Waals surface area contributed by atoms with Gasteiger partial charge < -0.3 is 10.2 Å². The average Bonchev–Trinajstić information content (AvgIpc) is 2.76. The number of unbranched alkanes of at least 4 members (excludes halogenated alkanes) is 1. The molecule has 2 amide bonds. The van der Waals surface area contributed by atoms with Gasteiger partial charge in [-0.1, -0.05) is 60.8 Å². The molecule has 2 aromatic carbocycles. The largest absolute Gasteiger partial charge is 0.354 e. The molecular weight excluding hydrogens is 509 g/mol. The fourth-order valence-electron chi connectivity index (χ4n) is 3.73. The van der Waals surface area contributed by atoms with Crippen LogP contribution in [0.4, 0.5) is 5.69 Å². The van der Waals surface area contributed by atoms with Crippen LogP contribution in [0.25, 0.3) is 0 Å². The van der Waals surface area contributed by atoms with Crippen LogP contribution in [-0.4, -0.2) is 50.5 Å². The number of rotatable bonds is 11. The first-order valence-corrected chi connectivity index (χ1v) is 14.0. The first-order chi connectivity index (χ1) is 16.4. The second-order valence-corrected chi connectivity index (χ2v) is 11.3. The summed E-state index contributed by atoms with van der Waals surface area (Å²) in [5.41, 5.74) is 2.49. The topological polar surface area (TPSA) is 86.8 Å². The van der Waals surface area contributed by atoms with Gasteiger partial charge in [-0.2, -0.15) is 0 Å². The van der Waals surface area contributed by atoms with Gasteiger partial charge in [0.1, 0.15) is 12.6 Å².